The summed E-state index contributed by atoms with van der Waals surface area (Å²) in [4.78, 5) is 12.2. The molecule has 0 unspecified atom stereocenters. The summed E-state index contributed by atoms with van der Waals surface area (Å²) < 4.78 is 16.0. The Labute approximate surface area is 167 Å². The molecule has 0 atom stereocenters. The summed E-state index contributed by atoms with van der Waals surface area (Å²) in [5, 5.41) is 3.62. The van der Waals surface area contributed by atoms with Crippen LogP contribution in [0.2, 0.25) is 15.1 Å². The Hall–Kier alpha value is -1.66. The van der Waals surface area contributed by atoms with Crippen LogP contribution in [0.15, 0.2) is 30.3 Å². The number of amides is 1. The first-order chi connectivity index (χ1) is 12.4. The molecule has 26 heavy (non-hydrogen) atoms. The second kappa shape index (κ2) is 9.88. The molecule has 0 fully saturated rings. The molecule has 0 aliphatic heterocycles. The van der Waals surface area contributed by atoms with Crippen molar-refractivity contribution in [1.29, 1.82) is 0 Å². The molecule has 0 saturated carbocycles. The third-order valence-corrected chi connectivity index (χ3v) is 4.31. The van der Waals surface area contributed by atoms with Crippen molar-refractivity contribution in [1.82, 2.24) is 0 Å². The molecule has 0 aromatic heterocycles. The number of halogens is 3. The summed E-state index contributed by atoms with van der Waals surface area (Å²) in [5.41, 5.74) is 1.55. The van der Waals surface area contributed by atoms with E-state index in [1.165, 1.54) is 12.1 Å². The van der Waals surface area contributed by atoms with Gasteiger partial charge in [0.25, 0.3) is 5.91 Å². The van der Waals surface area contributed by atoms with Crippen LogP contribution in [0.25, 0.3) is 0 Å². The van der Waals surface area contributed by atoms with Crippen molar-refractivity contribution in [2.45, 2.75) is 6.92 Å². The second-order valence-electron chi connectivity index (χ2n) is 5.37. The molecule has 2 aromatic rings. The largest absolute Gasteiger partial charge is 0.489 e. The molecule has 0 spiro atoms. The quantitative estimate of drug-likeness (QED) is 0.484. The van der Waals surface area contributed by atoms with E-state index in [4.69, 9.17) is 49.0 Å². The summed E-state index contributed by atoms with van der Waals surface area (Å²) >= 11 is 17.8. The van der Waals surface area contributed by atoms with E-state index in [2.05, 4.69) is 5.32 Å². The van der Waals surface area contributed by atoms with Crippen molar-refractivity contribution in [3.8, 4) is 11.5 Å². The Morgan fingerprint density at radius 2 is 1.69 bits per heavy atom. The molecule has 5 nitrogen and oxygen atoms in total. The first kappa shape index (κ1) is 20.6. The highest BCUT2D eigenvalue weighted by Crippen LogP contribution is 2.34. The van der Waals surface area contributed by atoms with Crippen LogP contribution in [-0.4, -0.2) is 32.8 Å². The van der Waals surface area contributed by atoms with E-state index < -0.39 is 0 Å². The lowest BCUT2D eigenvalue weighted by molar-refractivity contribution is -0.118. The summed E-state index contributed by atoms with van der Waals surface area (Å²) in [6.07, 6.45) is 0. The molecule has 0 radical (unpaired) electrons. The predicted octanol–water partition coefficient (Wildman–Crippen LogP) is 5.00. The van der Waals surface area contributed by atoms with E-state index >= 15 is 0 Å². The number of nitrogens with one attached hydrogen (secondary N) is 1. The average Bonchev–Trinajstić information content (AvgIpc) is 2.59. The Bertz CT molecular complexity index is 783. The SMILES string of the molecule is COCCOc1cc(C)ccc1NC(=O)COc1cc(Cl)c(Cl)cc1Cl. The molecule has 1 N–H and O–H groups in total. The lowest BCUT2D eigenvalue weighted by Gasteiger charge is -2.14. The number of benzene rings is 2. The molecule has 140 valence electrons. The van der Waals surface area contributed by atoms with E-state index in [-0.39, 0.29) is 23.3 Å². The molecule has 0 saturated heterocycles. The van der Waals surface area contributed by atoms with Gasteiger partial charge in [-0.15, -0.1) is 0 Å². The third kappa shape index (κ3) is 5.95. The third-order valence-electron chi connectivity index (χ3n) is 3.29. The number of anilines is 1. The van der Waals surface area contributed by atoms with Crippen molar-refractivity contribution in [3.63, 3.8) is 0 Å². The first-order valence-corrected chi connectivity index (χ1v) is 8.83. The van der Waals surface area contributed by atoms with Gasteiger partial charge in [0.15, 0.2) is 6.61 Å². The Morgan fingerprint density at radius 1 is 0.962 bits per heavy atom. The summed E-state index contributed by atoms with van der Waals surface area (Å²) in [6.45, 7) is 2.51. The highest BCUT2D eigenvalue weighted by molar-refractivity contribution is 6.43. The van der Waals surface area contributed by atoms with Gasteiger partial charge in [0, 0.05) is 13.2 Å². The molecular weight excluding hydrogens is 401 g/mol. The molecule has 0 aliphatic carbocycles. The fraction of sp³-hybridized carbons (Fsp3) is 0.278. The number of hydrogen-bond donors (Lipinski definition) is 1. The first-order valence-electron chi connectivity index (χ1n) is 7.70. The maximum atomic E-state index is 12.2. The van der Waals surface area contributed by atoms with Crippen molar-refractivity contribution in [2.24, 2.45) is 0 Å². The van der Waals surface area contributed by atoms with E-state index in [1.54, 1.807) is 13.2 Å². The minimum absolute atomic E-state index is 0.247. The van der Waals surface area contributed by atoms with Crippen LogP contribution in [0.1, 0.15) is 5.56 Å². The monoisotopic (exact) mass is 417 g/mol. The van der Waals surface area contributed by atoms with Gasteiger partial charge in [-0.1, -0.05) is 40.9 Å². The predicted molar refractivity (Wildman–Crippen MR) is 104 cm³/mol. The van der Waals surface area contributed by atoms with Crippen LogP contribution < -0.4 is 14.8 Å². The van der Waals surface area contributed by atoms with Gasteiger partial charge in [-0.05, 0) is 30.7 Å². The zero-order valence-corrected chi connectivity index (χ0v) is 16.5. The van der Waals surface area contributed by atoms with Crippen LogP contribution >= 0.6 is 34.8 Å². The molecule has 1 amide bonds. The van der Waals surface area contributed by atoms with Crippen molar-refractivity contribution in [3.05, 3.63) is 51.0 Å². The van der Waals surface area contributed by atoms with E-state index in [0.29, 0.717) is 34.7 Å². The molecule has 2 aromatic carbocycles. The van der Waals surface area contributed by atoms with Gasteiger partial charge in [-0.2, -0.15) is 0 Å². The van der Waals surface area contributed by atoms with Gasteiger partial charge in [0.05, 0.1) is 27.4 Å². The standard InChI is InChI=1S/C18H18Cl3NO4/c1-11-3-4-15(17(7-11)25-6-5-24-2)22-18(23)10-26-16-9-13(20)12(19)8-14(16)21/h3-4,7-9H,5-6,10H2,1-2H3,(H,22,23). The van der Waals surface area contributed by atoms with Gasteiger partial charge in [0.1, 0.15) is 18.1 Å². The fourth-order valence-electron chi connectivity index (χ4n) is 2.03. The van der Waals surface area contributed by atoms with E-state index in [1.807, 2.05) is 19.1 Å². The highest BCUT2D eigenvalue weighted by Gasteiger charge is 2.12. The van der Waals surface area contributed by atoms with Gasteiger partial charge < -0.3 is 19.5 Å². The number of carbonyl (C=O) groups is 1. The van der Waals surface area contributed by atoms with Crippen LogP contribution in [0.5, 0.6) is 11.5 Å². The fourth-order valence-corrected chi connectivity index (χ4v) is 2.62. The summed E-state index contributed by atoms with van der Waals surface area (Å²) in [7, 11) is 1.59. The van der Waals surface area contributed by atoms with Gasteiger partial charge in [-0.3, -0.25) is 4.79 Å². The molecule has 0 heterocycles. The minimum Gasteiger partial charge on any atom is -0.489 e. The molecule has 2 rings (SSSR count). The van der Waals surface area contributed by atoms with Crippen LogP contribution in [0.3, 0.4) is 0 Å². The molecule has 0 aliphatic rings. The van der Waals surface area contributed by atoms with Crippen molar-refractivity contribution in [2.75, 3.05) is 32.2 Å². The average molecular weight is 419 g/mol. The topological polar surface area (TPSA) is 56.8 Å². The zero-order valence-electron chi connectivity index (χ0n) is 14.3. The number of ether oxygens (including phenoxy) is 3. The van der Waals surface area contributed by atoms with Gasteiger partial charge in [0.2, 0.25) is 0 Å². The molecule has 8 heteroatoms. The van der Waals surface area contributed by atoms with Crippen LogP contribution in [0, 0.1) is 6.92 Å². The lowest BCUT2D eigenvalue weighted by atomic mass is 10.2. The Kier molecular flexibility index (Phi) is 7.85. The highest BCUT2D eigenvalue weighted by atomic mass is 35.5. The zero-order chi connectivity index (χ0) is 19.1. The van der Waals surface area contributed by atoms with Gasteiger partial charge in [-0.25, -0.2) is 0 Å². The lowest BCUT2D eigenvalue weighted by Crippen LogP contribution is -2.21. The maximum absolute atomic E-state index is 12.2. The number of aryl methyl sites for hydroxylation is 1. The molecule has 0 bridgehead atoms. The summed E-state index contributed by atoms with van der Waals surface area (Å²) in [6, 6.07) is 8.39. The minimum atomic E-state index is -0.368. The number of hydrogen-bond acceptors (Lipinski definition) is 4. The number of methoxy groups -OCH3 is 1. The van der Waals surface area contributed by atoms with Crippen LogP contribution in [0.4, 0.5) is 5.69 Å². The van der Waals surface area contributed by atoms with E-state index in [9.17, 15) is 4.79 Å². The van der Waals surface area contributed by atoms with E-state index in [0.717, 1.165) is 5.56 Å². The second-order valence-corrected chi connectivity index (χ2v) is 6.60. The van der Waals surface area contributed by atoms with Crippen LogP contribution in [-0.2, 0) is 9.53 Å². The number of carbonyl (C=O) groups excluding carboxylic acids is 1. The molecular formula is C18H18Cl3NO4. The Morgan fingerprint density at radius 3 is 2.42 bits per heavy atom. The Balaban J connectivity index is 2.00. The van der Waals surface area contributed by atoms with Gasteiger partial charge >= 0.3 is 0 Å². The smallest absolute Gasteiger partial charge is 0.262 e. The number of rotatable bonds is 8. The maximum Gasteiger partial charge on any atom is 0.262 e. The summed E-state index contributed by atoms with van der Waals surface area (Å²) in [5.74, 6) is 0.465. The van der Waals surface area contributed by atoms with Crippen molar-refractivity contribution < 1.29 is 19.0 Å². The normalized spacial score (nSPS) is 10.5. The van der Waals surface area contributed by atoms with Crippen molar-refractivity contribution >= 4 is 46.4 Å².